The number of benzene rings is 2. The van der Waals surface area contributed by atoms with Crippen molar-refractivity contribution in [2.24, 2.45) is 0 Å². The number of nitro groups is 1. The van der Waals surface area contributed by atoms with E-state index in [1.54, 1.807) is 0 Å². The van der Waals surface area contributed by atoms with Gasteiger partial charge in [0.15, 0.2) is 6.10 Å². The number of carbonyl (C=O) groups is 4. The van der Waals surface area contributed by atoms with Gasteiger partial charge in [-0.15, -0.1) is 0 Å². The number of esters is 1. The molecular weight excluding hydrogens is 470 g/mol. The SMILES string of the molecule is COCCCN1C(=O)c2ccc(C(=O)OC(C)C(=O)Nc3cc([N+](=O)[O-])ccc3Cl)cc2C1=O. The van der Waals surface area contributed by atoms with Crippen molar-refractivity contribution < 1.29 is 33.6 Å². The van der Waals surface area contributed by atoms with Crippen molar-refractivity contribution in [3.63, 3.8) is 0 Å². The molecule has 2 aromatic rings. The van der Waals surface area contributed by atoms with Gasteiger partial charge in [-0.05, 0) is 37.6 Å². The summed E-state index contributed by atoms with van der Waals surface area (Å²) < 4.78 is 10.1. The first-order valence-corrected chi connectivity index (χ1v) is 10.5. The normalized spacial score (nSPS) is 13.4. The maximum absolute atomic E-state index is 12.6. The van der Waals surface area contributed by atoms with Crippen LogP contribution in [0, 0.1) is 10.1 Å². The Balaban J connectivity index is 1.68. The minimum atomic E-state index is -1.29. The Morgan fingerprint density at radius 2 is 1.85 bits per heavy atom. The Morgan fingerprint density at radius 1 is 1.15 bits per heavy atom. The average molecular weight is 490 g/mol. The third-order valence-corrected chi connectivity index (χ3v) is 5.34. The Labute approximate surface area is 198 Å². The molecule has 0 saturated heterocycles. The molecule has 0 aromatic heterocycles. The minimum absolute atomic E-state index is 0.0148. The van der Waals surface area contributed by atoms with E-state index in [1.807, 2.05) is 0 Å². The van der Waals surface area contributed by atoms with Crippen LogP contribution in [0.2, 0.25) is 5.02 Å². The standard InChI is InChI=1S/C22H20ClN3O8/c1-12(19(27)24-18-11-14(26(31)32)5-7-17(18)23)34-22(30)13-4-6-15-16(10-13)21(29)25(20(15)28)8-3-9-33-2/h4-7,10-12H,3,8-9H2,1-2H3,(H,24,27). The monoisotopic (exact) mass is 489 g/mol. The van der Waals surface area contributed by atoms with Crippen LogP contribution in [-0.4, -0.2) is 59.9 Å². The molecule has 1 atom stereocenters. The van der Waals surface area contributed by atoms with E-state index in [0.29, 0.717) is 13.0 Å². The van der Waals surface area contributed by atoms with Crippen LogP contribution in [0.5, 0.6) is 0 Å². The number of amides is 3. The molecule has 1 aliphatic heterocycles. The first kappa shape index (κ1) is 24.8. The van der Waals surface area contributed by atoms with E-state index in [2.05, 4.69) is 5.32 Å². The third kappa shape index (κ3) is 5.21. The van der Waals surface area contributed by atoms with Gasteiger partial charge in [-0.3, -0.25) is 29.4 Å². The van der Waals surface area contributed by atoms with Crippen LogP contribution >= 0.6 is 11.6 Å². The summed E-state index contributed by atoms with van der Waals surface area (Å²) in [7, 11) is 1.51. The predicted octanol–water partition coefficient (Wildman–Crippen LogP) is 3.06. The number of non-ortho nitro benzene ring substituents is 1. The summed E-state index contributed by atoms with van der Waals surface area (Å²) in [5, 5.41) is 13.4. The molecule has 3 amide bonds. The maximum atomic E-state index is 12.6. The molecule has 178 valence electrons. The predicted molar refractivity (Wildman–Crippen MR) is 120 cm³/mol. The Kier molecular flexibility index (Phi) is 7.59. The summed E-state index contributed by atoms with van der Waals surface area (Å²) in [5.74, 6) is -2.66. The molecule has 1 heterocycles. The Hall–Kier alpha value is -3.83. The number of ether oxygens (including phenoxy) is 2. The summed E-state index contributed by atoms with van der Waals surface area (Å²) in [6, 6.07) is 7.45. The van der Waals surface area contributed by atoms with Gasteiger partial charge in [0.05, 0.1) is 32.3 Å². The number of nitrogens with zero attached hydrogens (tertiary/aromatic N) is 2. The van der Waals surface area contributed by atoms with Crippen molar-refractivity contribution in [1.82, 2.24) is 4.90 Å². The first-order chi connectivity index (χ1) is 16.1. The second-order valence-electron chi connectivity index (χ2n) is 7.33. The van der Waals surface area contributed by atoms with Crippen LogP contribution in [0.25, 0.3) is 0 Å². The number of nitrogens with one attached hydrogen (secondary N) is 1. The molecule has 3 rings (SSSR count). The van der Waals surface area contributed by atoms with E-state index in [-0.39, 0.29) is 39.6 Å². The highest BCUT2D eigenvalue weighted by molar-refractivity contribution is 6.33. The smallest absolute Gasteiger partial charge is 0.338 e. The van der Waals surface area contributed by atoms with E-state index in [0.717, 1.165) is 11.0 Å². The molecule has 0 radical (unpaired) electrons. The number of fused-ring (bicyclic) bond motifs is 1. The zero-order valence-electron chi connectivity index (χ0n) is 18.2. The fourth-order valence-corrected chi connectivity index (χ4v) is 3.39. The fraction of sp³-hybridized carbons (Fsp3) is 0.273. The second kappa shape index (κ2) is 10.4. The van der Waals surface area contributed by atoms with E-state index in [4.69, 9.17) is 21.1 Å². The number of rotatable bonds is 9. The highest BCUT2D eigenvalue weighted by Gasteiger charge is 2.36. The van der Waals surface area contributed by atoms with E-state index < -0.39 is 34.7 Å². The topological polar surface area (TPSA) is 145 Å². The quantitative estimate of drug-likeness (QED) is 0.186. The number of imide groups is 1. The third-order valence-electron chi connectivity index (χ3n) is 5.01. The summed E-state index contributed by atoms with van der Waals surface area (Å²) in [6.45, 7) is 1.86. The largest absolute Gasteiger partial charge is 0.449 e. The molecule has 11 nitrogen and oxygen atoms in total. The summed E-state index contributed by atoms with van der Waals surface area (Å²) >= 11 is 5.97. The summed E-state index contributed by atoms with van der Waals surface area (Å²) in [4.78, 5) is 61.4. The number of carbonyl (C=O) groups excluding carboxylic acids is 4. The van der Waals surface area contributed by atoms with Gasteiger partial charge in [0.2, 0.25) is 0 Å². The average Bonchev–Trinajstić information content (AvgIpc) is 3.04. The maximum Gasteiger partial charge on any atom is 0.338 e. The van der Waals surface area contributed by atoms with Crippen molar-refractivity contribution in [1.29, 1.82) is 0 Å². The van der Waals surface area contributed by atoms with Crippen molar-refractivity contribution in [3.05, 3.63) is 68.2 Å². The van der Waals surface area contributed by atoms with Crippen molar-refractivity contribution in [3.8, 4) is 0 Å². The summed E-state index contributed by atoms with van der Waals surface area (Å²) in [6.07, 6.45) is -0.822. The molecule has 12 heteroatoms. The van der Waals surface area contributed by atoms with E-state index in [9.17, 15) is 29.3 Å². The van der Waals surface area contributed by atoms with Crippen LogP contribution in [0.3, 0.4) is 0 Å². The number of nitro benzene ring substituents is 1. The zero-order valence-corrected chi connectivity index (χ0v) is 19.0. The lowest BCUT2D eigenvalue weighted by Gasteiger charge is -2.14. The highest BCUT2D eigenvalue weighted by Crippen LogP contribution is 2.27. The highest BCUT2D eigenvalue weighted by atomic mass is 35.5. The number of hydrogen-bond donors (Lipinski definition) is 1. The van der Waals surface area contributed by atoms with Gasteiger partial charge >= 0.3 is 5.97 Å². The Morgan fingerprint density at radius 3 is 2.53 bits per heavy atom. The lowest BCUT2D eigenvalue weighted by Crippen LogP contribution is -2.31. The van der Waals surface area contributed by atoms with Gasteiger partial charge in [0.1, 0.15) is 0 Å². The lowest BCUT2D eigenvalue weighted by molar-refractivity contribution is -0.384. The molecule has 0 spiro atoms. The van der Waals surface area contributed by atoms with Crippen LogP contribution in [0.4, 0.5) is 11.4 Å². The molecule has 0 aliphatic carbocycles. The Bertz CT molecular complexity index is 1180. The molecule has 34 heavy (non-hydrogen) atoms. The van der Waals surface area contributed by atoms with Crippen LogP contribution < -0.4 is 5.32 Å². The van der Waals surface area contributed by atoms with Crippen LogP contribution in [0.1, 0.15) is 44.4 Å². The van der Waals surface area contributed by atoms with Gasteiger partial charge in [-0.2, -0.15) is 0 Å². The molecule has 2 aromatic carbocycles. The fourth-order valence-electron chi connectivity index (χ4n) is 3.23. The van der Waals surface area contributed by atoms with Gasteiger partial charge in [-0.1, -0.05) is 11.6 Å². The number of hydrogen-bond acceptors (Lipinski definition) is 8. The number of halogens is 1. The van der Waals surface area contributed by atoms with Gasteiger partial charge in [0.25, 0.3) is 23.4 Å². The van der Waals surface area contributed by atoms with Gasteiger partial charge < -0.3 is 14.8 Å². The molecule has 0 bridgehead atoms. The molecule has 1 unspecified atom stereocenters. The van der Waals surface area contributed by atoms with Crippen molar-refractivity contribution in [2.45, 2.75) is 19.4 Å². The first-order valence-electron chi connectivity index (χ1n) is 10.1. The molecule has 0 fully saturated rings. The molecule has 1 N–H and O–H groups in total. The number of anilines is 1. The van der Waals surface area contributed by atoms with Crippen molar-refractivity contribution in [2.75, 3.05) is 25.6 Å². The van der Waals surface area contributed by atoms with Crippen molar-refractivity contribution >= 4 is 46.7 Å². The minimum Gasteiger partial charge on any atom is -0.449 e. The van der Waals surface area contributed by atoms with Gasteiger partial charge in [-0.25, -0.2) is 4.79 Å². The van der Waals surface area contributed by atoms with Crippen LogP contribution in [0.15, 0.2) is 36.4 Å². The summed E-state index contributed by atoms with van der Waals surface area (Å²) in [5.41, 5.74) is -0.0777. The van der Waals surface area contributed by atoms with Gasteiger partial charge in [0, 0.05) is 32.4 Å². The lowest BCUT2D eigenvalue weighted by atomic mass is 10.1. The molecule has 1 aliphatic rings. The van der Waals surface area contributed by atoms with Crippen LogP contribution in [-0.2, 0) is 14.3 Å². The number of methoxy groups -OCH3 is 1. The van der Waals surface area contributed by atoms with E-state index >= 15 is 0 Å². The molecule has 0 saturated carbocycles. The zero-order chi connectivity index (χ0) is 25.0. The van der Waals surface area contributed by atoms with E-state index in [1.165, 1.54) is 44.4 Å². The molecular formula is C22H20ClN3O8. The second-order valence-corrected chi connectivity index (χ2v) is 7.73.